The van der Waals surface area contributed by atoms with Crippen LogP contribution in [0.25, 0.3) is 10.8 Å². The minimum absolute atomic E-state index is 0.0381. The maximum atomic E-state index is 13.3. The lowest BCUT2D eigenvalue weighted by molar-refractivity contribution is 0.117. The maximum absolute atomic E-state index is 13.3. The van der Waals surface area contributed by atoms with Crippen LogP contribution in [0, 0.1) is 0 Å². The molecule has 2 aromatic carbocycles. The molecule has 0 radical (unpaired) electrons. The Morgan fingerprint density at radius 3 is 2.37 bits per heavy atom. The Morgan fingerprint density at radius 2 is 1.81 bits per heavy atom. The number of aliphatic hydroxyl groups excluding tert-OH is 2. The van der Waals surface area contributed by atoms with Crippen LogP contribution in [0.5, 0.6) is 5.75 Å². The van der Waals surface area contributed by atoms with E-state index in [1.165, 1.54) is 19.2 Å². The highest BCUT2D eigenvalue weighted by Gasteiger charge is 2.44. The van der Waals surface area contributed by atoms with E-state index in [9.17, 15) is 27.0 Å². The Bertz CT molecular complexity index is 1050. The summed E-state index contributed by atoms with van der Waals surface area (Å²) in [5.41, 5.74) is 0. The molecule has 1 aliphatic heterocycles. The van der Waals surface area contributed by atoms with Crippen LogP contribution in [0.3, 0.4) is 0 Å². The van der Waals surface area contributed by atoms with Gasteiger partial charge in [0.25, 0.3) is 0 Å². The molecule has 1 heterocycles. The second-order valence-corrected chi connectivity index (χ2v) is 10.4. The highest BCUT2D eigenvalue weighted by atomic mass is 32.2. The molecule has 1 fully saturated rings. The summed E-state index contributed by atoms with van der Waals surface area (Å²) in [7, 11) is -6.27. The van der Waals surface area contributed by atoms with E-state index in [-0.39, 0.29) is 11.4 Å². The highest BCUT2D eigenvalue weighted by Crippen LogP contribution is 2.34. The van der Waals surface area contributed by atoms with E-state index < -0.39 is 50.1 Å². The minimum atomic E-state index is -4.19. The van der Waals surface area contributed by atoms with E-state index in [2.05, 4.69) is 0 Å². The van der Waals surface area contributed by atoms with Crippen LogP contribution in [-0.2, 0) is 19.9 Å². The average molecular weight is 415 g/mol. The minimum Gasteiger partial charge on any atom is -0.496 e. The molecule has 2 unspecified atom stereocenters. The van der Waals surface area contributed by atoms with Gasteiger partial charge in [-0.2, -0.15) is 4.31 Å². The molecule has 1 aliphatic rings. The number of hydrogen-bond donors (Lipinski definition) is 2. The Morgan fingerprint density at radius 1 is 1.15 bits per heavy atom. The zero-order chi connectivity index (χ0) is 19.8. The van der Waals surface area contributed by atoms with Crippen molar-refractivity contribution < 1.29 is 31.8 Å². The molecule has 0 bridgehead atoms. The molecule has 27 heavy (non-hydrogen) atoms. The largest absolute Gasteiger partial charge is 0.496 e. The second-order valence-electron chi connectivity index (χ2n) is 6.36. The van der Waals surface area contributed by atoms with Crippen molar-refractivity contribution in [3.8, 4) is 5.75 Å². The SMILES string of the molecule is COc1ccc(S(=O)(=O)N(CCO)C2CS(=O)(=O)CC2O)c2ccccc12. The van der Waals surface area contributed by atoms with E-state index in [0.717, 1.165) is 4.31 Å². The topological polar surface area (TPSA) is 121 Å². The lowest BCUT2D eigenvalue weighted by atomic mass is 10.1. The van der Waals surface area contributed by atoms with Crippen molar-refractivity contribution in [3.63, 3.8) is 0 Å². The zero-order valence-corrected chi connectivity index (χ0v) is 16.3. The predicted molar refractivity (Wildman–Crippen MR) is 99.9 cm³/mol. The van der Waals surface area contributed by atoms with Crippen molar-refractivity contribution in [2.24, 2.45) is 0 Å². The molecule has 2 atom stereocenters. The standard InChI is InChI=1S/C17H21NO7S2/c1-25-16-6-7-17(13-5-3-2-4-12(13)16)27(23,24)18(8-9-19)14-10-26(21,22)11-15(14)20/h2-7,14-15,19-20H,8-11H2,1H3. The summed E-state index contributed by atoms with van der Waals surface area (Å²) < 4.78 is 56.6. The van der Waals surface area contributed by atoms with Crippen molar-refractivity contribution in [2.75, 3.05) is 31.8 Å². The number of sulfone groups is 1. The van der Waals surface area contributed by atoms with Crippen LogP contribution >= 0.6 is 0 Å². The lowest BCUT2D eigenvalue weighted by Gasteiger charge is -2.29. The molecule has 2 N–H and O–H groups in total. The van der Waals surface area contributed by atoms with Crippen molar-refractivity contribution >= 4 is 30.6 Å². The quantitative estimate of drug-likeness (QED) is 0.680. The first kappa shape index (κ1) is 20.0. The number of benzene rings is 2. The molecule has 10 heteroatoms. The predicted octanol–water partition coefficient (Wildman–Crippen LogP) is -0.0107. The summed E-state index contributed by atoms with van der Waals surface area (Å²) in [5.74, 6) is -0.485. The molecule has 0 aromatic heterocycles. The number of sulfonamides is 1. The summed E-state index contributed by atoms with van der Waals surface area (Å²) >= 11 is 0. The van der Waals surface area contributed by atoms with Gasteiger partial charge in [0.05, 0.1) is 42.3 Å². The Labute approximate surface area is 158 Å². The van der Waals surface area contributed by atoms with Gasteiger partial charge < -0.3 is 14.9 Å². The number of rotatable bonds is 6. The third-order valence-electron chi connectivity index (χ3n) is 4.63. The number of fused-ring (bicyclic) bond motifs is 1. The van der Waals surface area contributed by atoms with Crippen LogP contribution in [0.2, 0.25) is 0 Å². The smallest absolute Gasteiger partial charge is 0.244 e. The van der Waals surface area contributed by atoms with Crippen molar-refractivity contribution in [1.82, 2.24) is 4.31 Å². The molecular formula is C17H21NO7S2. The normalized spacial score (nSPS) is 22.4. The number of hydrogen-bond acceptors (Lipinski definition) is 7. The molecule has 0 aliphatic carbocycles. The van der Waals surface area contributed by atoms with Crippen molar-refractivity contribution in [1.29, 1.82) is 0 Å². The third kappa shape index (κ3) is 3.67. The van der Waals surface area contributed by atoms with Gasteiger partial charge in [0.1, 0.15) is 5.75 Å². The Kier molecular flexibility index (Phi) is 5.46. The number of aliphatic hydroxyl groups is 2. The van der Waals surface area contributed by atoms with E-state index in [4.69, 9.17) is 4.74 Å². The van der Waals surface area contributed by atoms with Crippen molar-refractivity contribution in [3.05, 3.63) is 36.4 Å². The molecule has 8 nitrogen and oxygen atoms in total. The first-order chi connectivity index (χ1) is 12.7. The fourth-order valence-electron chi connectivity index (χ4n) is 3.42. The van der Waals surface area contributed by atoms with E-state index in [1.807, 2.05) is 0 Å². The second kappa shape index (κ2) is 7.36. The molecule has 1 saturated heterocycles. The maximum Gasteiger partial charge on any atom is 0.244 e. The lowest BCUT2D eigenvalue weighted by Crippen LogP contribution is -2.47. The van der Waals surface area contributed by atoms with E-state index in [1.54, 1.807) is 24.3 Å². The van der Waals surface area contributed by atoms with Crippen LogP contribution in [0.15, 0.2) is 41.3 Å². The molecule has 2 aromatic rings. The summed E-state index contributed by atoms with van der Waals surface area (Å²) in [6.07, 6.45) is -1.35. The highest BCUT2D eigenvalue weighted by molar-refractivity contribution is 7.92. The first-order valence-corrected chi connectivity index (χ1v) is 11.5. The van der Waals surface area contributed by atoms with Gasteiger partial charge >= 0.3 is 0 Å². The third-order valence-corrected chi connectivity index (χ3v) is 8.32. The van der Waals surface area contributed by atoms with E-state index >= 15 is 0 Å². The molecule has 148 valence electrons. The number of nitrogens with zero attached hydrogens (tertiary/aromatic N) is 1. The van der Waals surface area contributed by atoms with Crippen LogP contribution in [0.1, 0.15) is 0 Å². The molecule has 0 saturated carbocycles. The summed E-state index contributed by atoms with van der Waals surface area (Å²) in [6.45, 7) is -0.823. The fraction of sp³-hybridized carbons (Fsp3) is 0.412. The Hall–Kier alpha value is -1.72. The van der Waals surface area contributed by atoms with Gasteiger partial charge in [-0.1, -0.05) is 24.3 Å². The Balaban J connectivity index is 2.15. The van der Waals surface area contributed by atoms with Gasteiger partial charge in [-0.25, -0.2) is 16.8 Å². The molecule has 3 rings (SSSR count). The summed E-state index contributed by atoms with van der Waals surface area (Å²) in [6, 6.07) is 8.55. The van der Waals surface area contributed by atoms with Gasteiger partial charge in [0.2, 0.25) is 10.0 Å². The number of methoxy groups -OCH3 is 1. The van der Waals surface area contributed by atoms with Gasteiger partial charge in [0, 0.05) is 17.3 Å². The van der Waals surface area contributed by atoms with Crippen LogP contribution in [-0.4, -0.2) is 75.3 Å². The van der Waals surface area contributed by atoms with Gasteiger partial charge in [0.15, 0.2) is 9.84 Å². The average Bonchev–Trinajstić information content (AvgIpc) is 2.90. The summed E-state index contributed by atoms with van der Waals surface area (Å²) in [4.78, 5) is -0.0381. The van der Waals surface area contributed by atoms with Crippen LogP contribution < -0.4 is 4.74 Å². The zero-order valence-electron chi connectivity index (χ0n) is 14.6. The first-order valence-electron chi connectivity index (χ1n) is 8.28. The fourth-order valence-corrected chi connectivity index (χ4v) is 7.16. The molecule has 0 amide bonds. The van der Waals surface area contributed by atoms with E-state index in [0.29, 0.717) is 16.5 Å². The van der Waals surface area contributed by atoms with Crippen LogP contribution in [0.4, 0.5) is 0 Å². The molecular weight excluding hydrogens is 394 g/mol. The van der Waals surface area contributed by atoms with Gasteiger partial charge in [-0.15, -0.1) is 0 Å². The van der Waals surface area contributed by atoms with Gasteiger partial charge in [-0.3, -0.25) is 0 Å². The summed E-state index contributed by atoms with van der Waals surface area (Å²) in [5, 5.41) is 20.5. The van der Waals surface area contributed by atoms with Gasteiger partial charge in [-0.05, 0) is 12.1 Å². The molecule has 0 spiro atoms. The monoisotopic (exact) mass is 415 g/mol. The van der Waals surface area contributed by atoms with Crippen molar-refractivity contribution in [2.45, 2.75) is 17.0 Å². The number of ether oxygens (including phenoxy) is 1.